The van der Waals surface area contributed by atoms with Crippen LogP contribution in [0, 0.1) is 0 Å². The van der Waals surface area contributed by atoms with Gasteiger partial charge in [0.05, 0.1) is 5.52 Å². The van der Waals surface area contributed by atoms with Gasteiger partial charge >= 0.3 is 5.97 Å². The van der Waals surface area contributed by atoms with Gasteiger partial charge in [0.2, 0.25) is 5.82 Å². The van der Waals surface area contributed by atoms with Crippen LogP contribution in [0.15, 0.2) is 62.9 Å². The number of aromatic nitrogens is 2. The van der Waals surface area contributed by atoms with Crippen LogP contribution in [0.3, 0.4) is 0 Å². The van der Waals surface area contributed by atoms with E-state index in [9.17, 15) is 4.79 Å². The third kappa shape index (κ3) is 2.91. The Morgan fingerprint density at radius 3 is 2.52 bits per heavy atom. The molecule has 0 atom stereocenters. The van der Waals surface area contributed by atoms with E-state index in [1.54, 1.807) is 6.07 Å². The van der Waals surface area contributed by atoms with E-state index >= 15 is 0 Å². The fraction of sp³-hybridized carbons (Fsp3) is 0. The number of rotatable bonds is 3. The monoisotopic (exact) mass is 360 g/mol. The van der Waals surface area contributed by atoms with Gasteiger partial charge in [0.15, 0.2) is 0 Å². The number of nitrogens with zero attached hydrogens (tertiary/aromatic N) is 2. The van der Waals surface area contributed by atoms with Crippen LogP contribution in [0.1, 0.15) is 10.6 Å². The topological polar surface area (TPSA) is 63.1 Å². The molecule has 0 unspecified atom stereocenters. The molecule has 6 heteroatoms. The minimum atomic E-state index is -1.13. The number of para-hydroxylation sites is 1. The van der Waals surface area contributed by atoms with E-state index in [0.717, 1.165) is 14.8 Å². The highest BCUT2D eigenvalue weighted by molar-refractivity contribution is 9.10. The Hall–Kier alpha value is -1.92. The first-order valence-corrected chi connectivity index (χ1v) is 7.68. The first kappa shape index (κ1) is 14.0. The van der Waals surface area contributed by atoms with Crippen molar-refractivity contribution in [1.29, 1.82) is 0 Å². The average molecular weight is 361 g/mol. The maximum Gasteiger partial charge on any atom is 0.373 e. The van der Waals surface area contributed by atoms with Crippen molar-refractivity contribution < 1.29 is 9.90 Å². The van der Waals surface area contributed by atoms with Crippen molar-refractivity contribution in [1.82, 2.24) is 9.97 Å². The van der Waals surface area contributed by atoms with E-state index in [1.165, 1.54) is 11.8 Å². The molecule has 104 valence electrons. The first-order valence-electron chi connectivity index (χ1n) is 6.07. The summed E-state index contributed by atoms with van der Waals surface area (Å²) in [6.45, 7) is 0. The number of carboxylic acids is 1. The van der Waals surface area contributed by atoms with Gasteiger partial charge in [-0.05, 0) is 34.1 Å². The second-order valence-electron chi connectivity index (χ2n) is 4.21. The molecule has 0 saturated carbocycles. The largest absolute Gasteiger partial charge is 0.475 e. The highest BCUT2D eigenvalue weighted by Gasteiger charge is 2.14. The molecular weight excluding hydrogens is 352 g/mol. The van der Waals surface area contributed by atoms with E-state index in [0.29, 0.717) is 10.5 Å². The van der Waals surface area contributed by atoms with Crippen molar-refractivity contribution in [2.24, 2.45) is 0 Å². The van der Waals surface area contributed by atoms with Gasteiger partial charge in [0.25, 0.3) is 0 Å². The van der Waals surface area contributed by atoms with E-state index in [4.69, 9.17) is 5.11 Å². The highest BCUT2D eigenvalue weighted by Crippen LogP contribution is 2.35. The summed E-state index contributed by atoms with van der Waals surface area (Å²) in [6, 6.07) is 15.1. The molecule has 0 amide bonds. The van der Waals surface area contributed by atoms with Gasteiger partial charge in [-0.15, -0.1) is 0 Å². The summed E-state index contributed by atoms with van der Waals surface area (Å²) in [4.78, 5) is 20.4. The molecule has 1 heterocycles. The molecule has 0 spiro atoms. The smallest absolute Gasteiger partial charge is 0.373 e. The first-order chi connectivity index (χ1) is 10.1. The van der Waals surface area contributed by atoms with Gasteiger partial charge in [0, 0.05) is 14.8 Å². The molecule has 0 fully saturated rings. The SMILES string of the molecule is O=C(O)c1nc(Sc2ccccc2Br)c2ccccc2n1. The van der Waals surface area contributed by atoms with Crippen LogP contribution in [0.5, 0.6) is 0 Å². The standard InChI is InChI=1S/C15H9BrN2O2S/c16-10-6-2-4-8-12(10)21-14-9-5-1-3-7-11(9)17-13(18-14)15(19)20/h1-8H,(H,19,20). The van der Waals surface area contributed by atoms with Crippen molar-refractivity contribution in [3.63, 3.8) is 0 Å². The molecule has 4 nitrogen and oxygen atoms in total. The van der Waals surface area contributed by atoms with Crippen molar-refractivity contribution in [3.05, 3.63) is 58.8 Å². The summed E-state index contributed by atoms with van der Waals surface area (Å²) in [7, 11) is 0. The van der Waals surface area contributed by atoms with Crippen LogP contribution in [-0.2, 0) is 0 Å². The fourth-order valence-electron chi connectivity index (χ4n) is 1.85. The number of carbonyl (C=O) groups is 1. The van der Waals surface area contributed by atoms with E-state index in [1.807, 2.05) is 42.5 Å². The van der Waals surface area contributed by atoms with Crippen molar-refractivity contribution >= 4 is 44.6 Å². The second kappa shape index (κ2) is 5.83. The van der Waals surface area contributed by atoms with Gasteiger partial charge < -0.3 is 5.11 Å². The lowest BCUT2D eigenvalue weighted by atomic mass is 10.2. The van der Waals surface area contributed by atoms with Crippen molar-refractivity contribution in [2.45, 2.75) is 9.92 Å². The van der Waals surface area contributed by atoms with E-state index < -0.39 is 5.97 Å². The van der Waals surface area contributed by atoms with Gasteiger partial charge in [0.1, 0.15) is 5.03 Å². The Balaban J connectivity index is 2.16. The van der Waals surface area contributed by atoms with Gasteiger partial charge in [-0.2, -0.15) is 0 Å². The quantitative estimate of drug-likeness (QED) is 0.707. The molecule has 0 aliphatic carbocycles. The Bertz CT molecular complexity index is 839. The average Bonchev–Trinajstić information content (AvgIpc) is 2.49. The summed E-state index contributed by atoms with van der Waals surface area (Å²) in [5, 5.41) is 10.6. The number of aromatic carboxylic acids is 1. The molecule has 3 rings (SSSR count). The molecule has 0 saturated heterocycles. The molecule has 0 aliphatic heterocycles. The predicted molar refractivity (Wildman–Crippen MR) is 84.8 cm³/mol. The lowest BCUT2D eigenvalue weighted by molar-refractivity contribution is 0.0683. The number of hydrogen-bond acceptors (Lipinski definition) is 4. The van der Waals surface area contributed by atoms with Crippen LogP contribution in [0.25, 0.3) is 10.9 Å². The molecule has 0 aliphatic rings. The summed E-state index contributed by atoms with van der Waals surface area (Å²) in [5.74, 6) is -1.32. The number of benzene rings is 2. The second-order valence-corrected chi connectivity index (χ2v) is 6.09. The predicted octanol–water partition coefficient (Wildman–Crippen LogP) is 4.24. The lowest BCUT2D eigenvalue weighted by Crippen LogP contribution is -2.05. The van der Waals surface area contributed by atoms with Gasteiger partial charge in [-0.25, -0.2) is 14.8 Å². The third-order valence-electron chi connectivity index (χ3n) is 2.80. The van der Waals surface area contributed by atoms with Gasteiger partial charge in [-0.3, -0.25) is 0 Å². The Morgan fingerprint density at radius 2 is 1.76 bits per heavy atom. The lowest BCUT2D eigenvalue weighted by Gasteiger charge is -2.07. The van der Waals surface area contributed by atoms with Crippen molar-refractivity contribution in [2.75, 3.05) is 0 Å². The van der Waals surface area contributed by atoms with Crippen LogP contribution < -0.4 is 0 Å². The maximum atomic E-state index is 11.2. The molecule has 1 N–H and O–H groups in total. The summed E-state index contributed by atoms with van der Waals surface area (Å²) >= 11 is 4.90. The molecule has 1 aromatic heterocycles. The minimum Gasteiger partial charge on any atom is -0.475 e. The third-order valence-corrected chi connectivity index (χ3v) is 4.84. The highest BCUT2D eigenvalue weighted by atomic mass is 79.9. The summed E-state index contributed by atoms with van der Waals surface area (Å²) < 4.78 is 0.939. The van der Waals surface area contributed by atoms with Gasteiger partial charge in [-0.1, -0.05) is 42.1 Å². The Morgan fingerprint density at radius 1 is 1.05 bits per heavy atom. The molecule has 2 aromatic carbocycles. The van der Waals surface area contributed by atoms with E-state index in [-0.39, 0.29) is 5.82 Å². The summed E-state index contributed by atoms with van der Waals surface area (Å²) in [5.41, 5.74) is 0.624. The minimum absolute atomic E-state index is 0.191. The van der Waals surface area contributed by atoms with E-state index in [2.05, 4.69) is 25.9 Å². The molecule has 3 aromatic rings. The Kier molecular flexibility index (Phi) is 3.90. The van der Waals surface area contributed by atoms with Crippen molar-refractivity contribution in [3.8, 4) is 0 Å². The zero-order valence-corrected chi connectivity index (χ0v) is 13.1. The van der Waals surface area contributed by atoms with Crippen LogP contribution in [0.4, 0.5) is 0 Å². The number of halogens is 1. The molecule has 0 bridgehead atoms. The zero-order chi connectivity index (χ0) is 14.8. The summed E-state index contributed by atoms with van der Waals surface area (Å²) in [6.07, 6.45) is 0. The molecular formula is C15H9BrN2O2S. The number of hydrogen-bond donors (Lipinski definition) is 1. The molecule has 21 heavy (non-hydrogen) atoms. The number of carboxylic acid groups (broad SMARTS) is 1. The fourth-order valence-corrected chi connectivity index (χ4v) is 3.32. The van der Waals surface area contributed by atoms with Crippen LogP contribution in [0.2, 0.25) is 0 Å². The number of fused-ring (bicyclic) bond motifs is 1. The molecule has 0 radical (unpaired) electrons. The maximum absolute atomic E-state index is 11.2. The van der Waals surface area contributed by atoms with Crippen LogP contribution >= 0.6 is 27.7 Å². The van der Waals surface area contributed by atoms with Crippen LogP contribution in [-0.4, -0.2) is 21.0 Å². The zero-order valence-electron chi connectivity index (χ0n) is 10.7. The Labute approximate surface area is 133 Å². The normalized spacial score (nSPS) is 10.7.